The van der Waals surface area contributed by atoms with Gasteiger partial charge in [0.1, 0.15) is 11.6 Å². The summed E-state index contributed by atoms with van der Waals surface area (Å²) >= 11 is 0. The highest BCUT2D eigenvalue weighted by molar-refractivity contribution is 6.15. The summed E-state index contributed by atoms with van der Waals surface area (Å²) in [5.41, 5.74) is 21.5. The molecule has 0 amide bonds. The third-order valence-corrected chi connectivity index (χ3v) is 18.5. The largest absolute Gasteiger partial charge is 0.309 e. The summed E-state index contributed by atoms with van der Waals surface area (Å²) in [5.74, 6) is 2.22. The van der Waals surface area contributed by atoms with E-state index in [1.807, 2.05) is 12.1 Å². The molecule has 0 unspecified atom stereocenters. The molecule has 0 bridgehead atoms. The van der Waals surface area contributed by atoms with Crippen molar-refractivity contribution in [2.24, 2.45) is 0 Å². The van der Waals surface area contributed by atoms with Crippen LogP contribution in [0, 0.1) is 0 Å². The molecule has 424 valence electrons. The number of hydrogen-bond acceptors (Lipinski definition) is 3. The first-order valence-corrected chi connectivity index (χ1v) is 30.9. The van der Waals surface area contributed by atoms with Crippen LogP contribution in [0.15, 0.2) is 315 Å². The van der Waals surface area contributed by atoms with Gasteiger partial charge in [0.2, 0.25) is 5.95 Å². The molecule has 8 heteroatoms. The van der Waals surface area contributed by atoms with E-state index in [0.29, 0.717) is 5.95 Å². The summed E-state index contributed by atoms with van der Waals surface area (Å²) in [6, 6.07) is 113. The van der Waals surface area contributed by atoms with Crippen LogP contribution in [0.4, 0.5) is 0 Å². The lowest BCUT2D eigenvalue weighted by Crippen LogP contribution is -2.07. The van der Waals surface area contributed by atoms with Crippen molar-refractivity contribution in [2.45, 2.75) is 0 Å². The van der Waals surface area contributed by atoms with E-state index in [1.54, 1.807) is 0 Å². The van der Waals surface area contributed by atoms with Crippen LogP contribution >= 0.6 is 0 Å². The second-order valence-corrected chi connectivity index (χ2v) is 23.6. The standard InChI is InChI=1S/C83H52N8/c1-4-20-54(21-5-1)82-84-70-30-14-19-35-80(70)89(82)61-42-36-53(37-43-61)71-52-81(90-74-33-17-12-28-64(74)68-50-57(40-46-78(68)90)55-38-44-76-66(48-55)62-26-10-15-31-72(62)87(76)59-22-6-2-7-23-59)86-83(85-71)91-75-34-18-13-29-65(75)69-51-58(41-47-79(69)91)56-39-45-77-67(49-56)63-27-11-16-32-73(63)88(77)60-24-8-3-9-25-60/h1-52H. The van der Waals surface area contributed by atoms with Crippen molar-refractivity contribution < 1.29 is 0 Å². The van der Waals surface area contributed by atoms with E-state index in [1.165, 1.54) is 43.6 Å². The number of hydrogen-bond donors (Lipinski definition) is 0. The molecule has 8 nitrogen and oxygen atoms in total. The van der Waals surface area contributed by atoms with Gasteiger partial charge >= 0.3 is 0 Å². The Morgan fingerprint density at radius 3 is 1.03 bits per heavy atom. The first-order valence-electron chi connectivity index (χ1n) is 30.9. The Morgan fingerprint density at radius 1 is 0.198 bits per heavy atom. The molecule has 6 aromatic heterocycles. The van der Waals surface area contributed by atoms with Gasteiger partial charge in [0.25, 0.3) is 0 Å². The topological polar surface area (TPSA) is 63.3 Å². The summed E-state index contributed by atoms with van der Waals surface area (Å²) < 4.78 is 11.6. The van der Waals surface area contributed by atoms with Gasteiger partial charge in [0.15, 0.2) is 0 Å². The highest BCUT2D eigenvalue weighted by atomic mass is 15.2. The lowest BCUT2D eigenvalue weighted by Gasteiger charge is -2.15. The van der Waals surface area contributed by atoms with Gasteiger partial charge in [-0.2, -0.15) is 4.98 Å². The third kappa shape index (κ3) is 7.93. The molecule has 0 saturated heterocycles. The van der Waals surface area contributed by atoms with Crippen molar-refractivity contribution in [3.05, 3.63) is 315 Å². The van der Waals surface area contributed by atoms with Crippen LogP contribution < -0.4 is 0 Å². The Labute approximate surface area is 522 Å². The van der Waals surface area contributed by atoms with Gasteiger partial charge < -0.3 is 9.13 Å². The van der Waals surface area contributed by atoms with Gasteiger partial charge in [-0.3, -0.25) is 13.7 Å². The maximum Gasteiger partial charge on any atom is 0.237 e. The van der Waals surface area contributed by atoms with Gasteiger partial charge in [-0.15, -0.1) is 0 Å². The number of para-hydroxylation sites is 8. The lowest BCUT2D eigenvalue weighted by atomic mass is 10.0. The Hall–Kier alpha value is -12.4. The predicted molar refractivity (Wildman–Crippen MR) is 376 cm³/mol. The molecule has 91 heavy (non-hydrogen) atoms. The lowest BCUT2D eigenvalue weighted by molar-refractivity contribution is 0.952. The smallest absolute Gasteiger partial charge is 0.237 e. The van der Waals surface area contributed by atoms with E-state index in [9.17, 15) is 0 Å². The molecule has 0 fully saturated rings. The summed E-state index contributed by atoms with van der Waals surface area (Å²) in [7, 11) is 0. The summed E-state index contributed by atoms with van der Waals surface area (Å²) in [6.07, 6.45) is 0. The average Bonchev–Trinajstić information content (AvgIpc) is 2.53. The Morgan fingerprint density at radius 2 is 0.549 bits per heavy atom. The van der Waals surface area contributed by atoms with Crippen molar-refractivity contribution >= 4 is 98.3 Å². The number of nitrogens with zero attached hydrogens (tertiary/aromatic N) is 8. The monoisotopic (exact) mass is 1160 g/mol. The van der Waals surface area contributed by atoms with Crippen molar-refractivity contribution in [1.82, 2.24) is 37.8 Å². The normalized spacial score (nSPS) is 12.0. The van der Waals surface area contributed by atoms with E-state index in [0.717, 1.165) is 122 Å². The Bertz CT molecular complexity index is 5830. The number of aromatic nitrogens is 8. The minimum Gasteiger partial charge on any atom is -0.309 e. The molecule has 19 aromatic rings. The second kappa shape index (κ2) is 20.1. The van der Waals surface area contributed by atoms with Crippen LogP contribution in [0.1, 0.15) is 0 Å². The van der Waals surface area contributed by atoms with E-state index in [-0.39, 0.29) is 0 Å². The summed E-state index contributed by atoms with van der Waals surface area (Å²) in [6.45, 7) is 0. The molecule has 13 aromatic carbocycles. The zero-order chi connectivity index (χ0) is 59.7. The van der Waals surface area contributed by atoms with Crippen molar-refractivity contribution in [3.63, 3.8) is 0 Å². The first-order chi connectivity index (χ1) is 45.1. The minimum atomic E-state index is 0.572. The highest BCUT2D eigenvalue weighted by Gasteiger charge is 2.23. The molecular weight excluding hydrogens is 1110 g/mol. The number of benzene rings is 13. The maximum atomic E-state index is 5.72. The van der Waals surface area contributed by atoms with Crippen molar-refractivity contribution in [1.29, 1.82) is 0 Å². The summed E-state index contributed by atoms with van der Waals surface area (Å²) in [5, 5.41) is 9.40. The van der Waals surface area contributed by atoms with Gasteiger partial charge in [-0.05, 0) is 144 Å². The van der Waals surface area contributed by atoms with Gasteiger partial charge in [-0.1, -0.05) is 188 Å². The first kappa shape index (κ1) is 50.7. The Kier molecular flexibility index (Phi) is 11.2. The Balaban J connectivity index is 0.792. The summed E-state index contributed by atoms with van der Waals surface area (Å²) in [4.78, 5) is 16.5. The minimum absolute atomic E-state index is 0.572. The van der Waals surface area contributed by atoms with E-state index < -0.39 is 0 Å². The van der Waals surface area contributed by atoms with E-state index in [2.05, 4.69) is 326 Å². The third-order valence-electron chi connectivity index (χ3n) is 18.5. The molecule has 0 N–H and O–H groups in total. The fourth-order valence-corrected chi connectivity index (χ4v) is 14.4. The molecule has 0 spiro atoms. The highest BCUT2D eigenvalue weighted by Crippen LogP contribution is 2.42. The van der Waals surface area contributed by atoms with Crippen molar-refractivity contribution in [2.75, 3.05) is 0 Å². The number of rotatable bonds is 9. The van der Waals surface area contributed by atoms with Crippen LogP contribution in [0.5, 0.6) is 0 Å². The molecule has 0 atom stereocenters. The molecule has 0 aliphatic rings. The second-order valence-electron chi connectivity index (χ2n) is 23.6. The van der Waals surface area contributed by atoms with Crippen molar-refractivity contribution in [3.8, 4) is 73.7 Å². The zero-order valence-corrected chi connectivity index (χ0v) is 49.1. The number of imidazole rings is 1. The van der Waals surface area contributed by atoms with Gasteiger partial charge in [0.05, 0.1) is 60.9 Å². The van der Waals surface area contributed by atoms with Crippen LogP contribution in [-0.2, 0) is 0 Å². The quantitative estimate of drug-likeness (QED) is 0.145. The van der Waals surface area contributed by atoms with Crippen LogP contribution in [0.2, 0.25) is 0 Å². The van der Waals surface area contributed by atoms with Crippen LogP contribution in [0.3, 0.4) is 0 Å². The molecule has 6 heterocycles. The molecule has 0 aliphatic carbocycles. The molecular formula is C83H52N8. The average molecular weight is 1160 g/mol. The van der Waals surface area contributed by atoms with E-state index in [4.69, 9.17) is 15.0 Å². The maximum absolute atomic E-state index is 5.72. The molecule has 0 saturated carbocycles. The fraction of sp³-hybridized carbons (Fsp3) is 0. The molecule has 0 radical (unpaired) electrons. The van der Waals surface area contributed by atoms with Gasteiger partial charge in [0, 0.05) is 77.3 Å². The molecule has 19 rings (SSSR count). The zero-order valence-electron chi connectivity index (χ0n) is 49.1. The van der Waals surface area contributed by atoms with Crippen LogP contribution in [-0.4, -0.2) is 37.8 Å². The number of fused-ring (bicyclic) bond motifs is 13. The predicted octanol–water partition coefficient (Wildman–Crippen LogP) is 20.9. The SMILES string of the molecule is c1ccc(-c2nc3ccccc3n2-c2ccc(-c3cc(-n4c5ccccc5c5cc(-c6ccc7c(c6)c6ccccc6n7-c6ccccc6)ccc54)nc(-n4c5ccccc5c5cc(-c6ccc7c(c6)c6ccccc6n7-c6ccccc6)ccc54)n3)cc2)cc1. The fourth-order valence-electron chi connectivity index (χ4n) is 14.4. The molecule has 0 aliphatic heterocycles. The van der Waals surface area contributed by atoms with Gasteiger partial charge in [-0.25, -0.2) is 9.97 Å². The van der Waals surface area contributed by atoms with E-state index >= 15 is 0 Å². The van der Waals surface area contributed by atoms with Crippen LogP contribution in [0.25, 0.3) is 172 Å².